The molecular formula is C13H20Cl5N3O8P2. The van der Waals surface area contributed by atoms with E-state index in [0.717, 1.165) is 0 Å². The van der Waals surface area contributed by atoms with Gasteiger partial charge in [-0.15, -0.1) is 46.4 Å². The van der Waals surface area contributed by atoms with Gasteiger partial charge >= 0.3 is 15.2 Å². The van der Waals surface area contributed by atoms with Crippen LogP contribution in [-0.4, -0.2) is 87.3 Å². The Morgan fingerprint density at radius 2 is 1.16 bits per heavy atom. The molecule has 1 rings (SSSR count). The molecule has 11 nitrogen and oxygen atoms in total. The van der Waals surface area contributed by atoms with Crippen LogP contribution in [0.15, 0.2) is 0 Å². The molecule has 180 valence electrons. The fraction of sp³-hybridized carbons (Fsp3) is 0.769. The largest absolute Gasteiger partial charge is 0.398 e. The molecule has 0 aliphatic heterocycles. The topological polar surface area (TPSA) is 150 Å². The molecule has 1 aromatic rings. The van der Waals surface area contributed by atoms with E-state index in [9.17, 15) is 9.13 Å². The molecule has 2 N–H and O–H groups in total. The van der Waals surface area contributed by atoms with E-state index in [1.807, 2.05) is 0 Å². The van der Waals surface area contributed by atoms with Gasteiger partial charge in [0.2, 0.25) is 16.4 Å². The molecule has 0 aliphatic carbocycles. The lowest BCUT2D eigenvalue weighted by Gasteiger charge is -2.21. The Morgan fingerprint density at radius 1 is 0.774 bits per heavy atom. The molecule has 0 fully saturated rings. The van der Waals surface area contributed by atoms with Gasteiger partial charge in [0.05, 0.1) is 50.4 Å². The number of rotatable bonds is 16. The highest BCUT2D eigenvalue weighted by Gasteiger charge is 2.39. The molecule has 0 aromatic carbocycles. The first-order chi connectivity index (χ1) is 14.6. The van der Waals surface area contributed by atoms with Crippen molar-refractivity contribution in [2.24, 2.45) is 0 Å². The van der Waals surface area contributed by atoms with E-state index in [1.54, 1.807) is 0 Å². The lowest BCUT2D eigenvalue weighted by molar-refractivity contribution is 0.181. The Kier molecular flexibility index (Phi) is 14.2. The molecule has 2 unspecified atom stereocenters. The zero-order valence-electron chi connectivity index (χ0n) is 15.8. The van der Waals surface area contributed by atoms with Crippen LogP contribution in [0.5, 0.6) is 0 Å². The average molecular weight is 586 g/mol. The Hall–Kier alpha value is 0.680. The normalized spacial score (nSPS) is 16.1. The van der Waals surface area contributed by atoms with Crippen molar-refractivity contribution >= 4 is 84.3 Å². The first kappa shape index (κ1) is 29.7. The quantitative estimate of drug-likeness (QED) is 0.216. The Balaban J connectivity index is 3.38. The summed E-state index contributed by atoms with van der Waals surface area (Å²) in [4.78, 5) is 11.3. The van der Waals surface area contributed by atoms with Gasteiger partial charge in [-0.05, 0) is 11.6 Å². The van der Waals surface area contributed by atoms with Gasteiger partial charge in [0.1, 0.15) is 0 Å². The predicted octanol–water partition coefficient (Wildman–Crippen LogP) is 1.91. The second kappa shape index (κ2) is 14.8. The van der Waals surface area contributed by atoms with Crippen LogP contribution in [0.2, 0.25) is 5.28 Å². The second-order valence-corrected chi connectivity index (χ2v) is 11.5. The van der Waals surface area contributed by atoms with Crippen molar-refractivity contribution < 1.29 is 37.4 Å². The number of aliphatic hydroxyl groups is 2. The van der Waals surface area contributed by atoms with Crippen molar-refractivity contribution in [1.29, 1.82) is 0 Å². The maximum atomic E-state index is 13.4. The van der Waals surface area contributed by atoms with Crippen LogP contribution in [0.25, 0.3) is 0 Å². The number of halogens is 5. The van der Waals surface area contributed by atoms with Gasteiger partial charge in [-0.2, -0.15) is 15.0 Å². The number of aromatic nitrogens is 3. The Morgan fingerprint density at radius 3 is 1.52 bits per heavy atom. The summed E-state index contributed by atoms with van der Waals surface area (Å²) in [5, 5.41) is 15.7. The minimum atomic E-state index is -4.40. The van der Waals surface area contributed by atoms with Crippen LogP contribution in [0.1, 0.15) is 0 Å². The third kappa shape index (κ3) is 9.83. The predicted molar refractivity (Wildman–Crippen MR) is 118 cm³/mol. The van der Waals surface area contributed by atoms with Gasteiger partial charge in [-0.1, -0.05) is 0 Å². The van der Waals surface area contributed by atoms with E-state index in [1.165, 1.54) is 0 Å². The summed E-state index contributed by atoms with van der Waals surface area (Å²) < 4.78 is 47.3. The summed E-state index contributed by atoms with van der Waals surface area (Å²) in [6.45, 7) is -2.26. The van der Waals surface area contributed by atoms with Crippen molar-refractivity contribution in [1.82, 2.24) is 15.0 Å². The highest BCUT2D eigenvalue weighted by Crippen LogP contribution is 2.49. The highest BCUT2D eigenvalue weighted by molar-refractivity contribution is 7.63. The molecule has 1 aromatic heterocycles. The fourth-order valence-electron chi connectivity index (χ4n) is 1.65. The summed E-state index contributed by atoms with van der Waals surface area (Å²) in [7, 11) is -8.60. The average Bonchev–Trinajstić information content (AvgIpc) is 2.77. The number of hydrogen-bond acceptors (Lipinski definition) is 11. The van der Waals surface area contributed by atoms with Gasteiger partial charge in [-0.3, -0.25) is 9.13 Å². The van der Waals surface area contributed by atoms with E-state index in [4.69, 9.17) is 86.3 Å². The molecule has 31 heavy (non-hydrogen) atoms. The van der Waals surface area contributed by atoms with Crippen molar-refractivity contribution in [3.8, 4) is 0 Å². The summed E-state index contributed by atoms with van der Waals surface area (Å²) >= 11 is 28.6. The molecule has 2 atom stereocenters. The molecule has 1 heterocycles. The molecule has 0 bridgehead atoms. The molecule has 0 saturated heterocycles. The minimum Gasteiger partial charge on any atom is -0.395 e. The van der Waals surface area contributed by atoms with E-state index < -0.39 is 68.8 Å². The van der Waals surface area contributed by atoms with E-state index in [0.29, 0.717) is 0 Å². The number of nitrogens with zero attached hydrogens (tertiary/aromatic N) is 3. The van der Waals surface area contributed by atoms with Gasteiger partial charge in [0, 0.05) is 11.8 Å². The summed E-state index contributed by atoms with van der Waals surface area (Å²) in [5.41, 5.74) is -1.23. The van der Waals surface area contributed by atoms with Crippen molar-refractivity contribution in [2.75, 3.05) is 51.4 Å². The Bertz CT molecular complexity index is 753. The third-order valence-electron chi connectivity index (χ3n) is 3.00. The van der Waals surface area contributed by atoms with Crippen molar-refractivity contribution in [3.63, 3.8) is 0 Å². The monoisotopic (exact) mass is 583 g/mol. The maximum Gasteiger partial charge on any atom is 0.398 e. The molecule has 0 amide bonds. The molecule has 0 saturated carbocycles. The first-order valence-electron chi connectivity index (χ1n) is 8.46. The lowest BCUT2D eigenvalue weighted by atomic mass is 10.5. The van der Waals surface area contributed by atoms with E-state index >= 15 is 0 Å². The molecule has 0 radical (unpaired) electrons. The van der Waals surface area contributed by atoms with Crippen molar-refractivity contribution in [3.05, 3.63) is 5.28 Å². The van der Waals surface area contributed by atoms with Crippen LogP contribution in [0, 0.1) is 0 Å². The fourth-order valence-corrected chi connectivity index (χ4v) is 5.58. The maximum absolute atomic E-state index is 13.4. The number of aliphatic hydroxyl groups excluding tert-OH is 2. The molecule has 18 heteroatoms. The van der Waals surface area contributed by atoms with Gasteiger partial charge < -0.3 is 28.3 Å². The van der Waals surface area contributed by atoms with Crippen LogP contribution in [0.4, 0.5) is 0 Å². The smallest absolute Gasteiger partial charge is 0.395 e. The number of alkyl halides is 4. The second-order valence-electron chi connectivity index (χ2n) is 5.40. The standard InChI is InChI=1S/C13H20Cl5N3O8P2/c14-1-3-26-30(24,27-4-2-15)12-19-11(18)20-13(21-12)31(25,28-7-9(16)5-22)29-8-10(17)6-23/h9-10,22-23H,1-8H2. The summed E-state index contributed by atoms with van der Waals surface area (Å²) in [6, 6.07) is 0. The number of hydrogen-bond donors (Lipinski definition) is 2. The van der Waals surface area contributed by atoms with Crippen LogP contribution in [-0.2, 0) is 27.2 Å². The van der Waals surface area contributed by atoms with Crippen LogP contribution < -0.4 is 11.1 Å². The first-order valence-corrected chi connectivity index (χ1v) is 13.9. The van der Waals surface area contributed by atoms with Crippen LogP contribution in [0.3, 0.4) is 0 Å². The molecule has 0 spiro atoms. The zero-order valence-corrected chi connectivity index (χ0v) is 21.3. The van der Waals surface area contributed by atoms with Crippen LogP contribution >= 0.6 is 73.2 Å². The van der Waals surface area contributed by atoms with E-state index in [2.05, 4.69) is 15.0 Å². The van der Waals surface area contributed by atoms with Gasteiger partial charge in [-0.25, -0.2) is 0 Å². The lowest BCUT2D eigenvalue weighted by Crippen LogP contribution is -2.31. The van der Waals surface area contributed by atoms with Gasteiger partial charge in [0.15, 0.2) is 0 Å². The minimum absolute atomic E-state index is 0.0266. The molecule has 0 aliphatic rings. The SMILES string of the molecule is O=P(OCCCl)(OCCCl)c1nc(Cl)nc(P(=O)(OCC(Cl)CO)OCC(Cl)CO)n1. The third-order valence-corrected chi connectivity index (χ3v) is 7.41. The van der Waals surface area contributed by atoms with Crippen molar-refractivity contribution in [2.45, 2.75) is 10.8 Å². The highest BCUT2D eigenvalue weighted by atomic mass is 35.5. The summed E-state index contributed by atoms with van der Waals surface area (Å²) in [5.74, 6) is -0.0533. The summed E-state index contributed by atoms with van der Waals surface area (Å²) in [6.07, 6.45) is 0. The van der Waals surface area contributed by atoms with Gasteiger partial charge in [0.25, 0.3) is 0 Å². The zero-order chi connectivity index (χ0) is 23.5. The molecular weight excluding hydrogens is 565 g/mol. The Labute approximate surface area is 203 Å². The van der Waals surface area contributed by atoms with E-state index in [-0.39, 0.29) is 25.0 Å².